The van der Waals surface area contributed by atoms with Crippen molar-refractivity contribution in [2.24, 2.45) is 0 Å². The molecule has 0 atom stereocenters. The summed E-state index contributed by atoms with van der Waals surface area (Å²) in [5.41, 5.74) is 0.000727. The van der Waals surface area contributed by atoms with Gasteiger partial charge in [-0.2, -0.15) is 0 Å². The average Bonchev–Trinajstić information content (AvgIpc) is 2.23. The molecule has 0 aliphatic carbocycles. The average molecular weight is 290 g/mol. The molecular formula is C10H12BrNO4. The Balaban J connectivity index is 2.62. The Bertz CT molecular complexity index is 370. The molecule has 1 aromatic carbocycles. The number of rotatable bonds is 6. The molecule has 16 heavy (non-hydrogen) atoms. The summed E-state index contributed by atoms with van der Waals surface area (Å²) in [6.07, 6.45) is 0. The van der Waals surface area contributed by atoms with E-state index in [4.69, 9.17) is 9.47 Å². The van der Waals surface area contributed by atoms with E-state index in [9.17, 15) is 10.1 Å². The summed E-state index contributed by atoms with van der Waals surface area (Å²) < 4.78 is 11.0. The van der Waals surface area contributed by atoms with Gasteiger partial charge < -0.3 is 9.47 Å². The molecule has 0 radical (unpaired) electrons. The lowest BCUT2D eigenvalue weighted by molar-refractivity contribution is -0.385. The molecule has 0 heterocycles. The lowest BCUT2D eigenvalue weighted by atomic mass is 10.3. The highest BCUT2D eigenvalue weighted by atomic mass is 79.9. The summed E-state index contributed by atoms with van der Waals surface area (Å²) in [5.74, 6) is 0.459. The van der Waals surface area contributed by atoms with Gasteiger partial charge in [-0.05, 0) is 13.0 Å². The van der Waals surface area contributed by atoms with Crippen LogP contribution in [-0.4, -0.2) is 24.7 Å². The van der Waals surface area contributed by atoms with Gasteiger partial charge in [-0.15, -0.1) is 0 Å². The molecule has 0 aromatic heterocycles. The van der Waals surface area contributed by atoms with Crippen LogP contribution in [0.2, 0.25) is 0 Å². The van der Waals surface area contributed by atoms with Gasteiger partial charge in [0.05, 0.1) is 17.6 Å². The molecule has 5 nitrogen and oxygen atoms in total. The van der Waals surface area contributed by atoms with Gasteiger partial charge in [0.15, 0.2) is 0 Å². The third-order valence-corrected chi connectivity index (χ3v) is 2.23. The molecule has 1 rings (SSSR count). The van der Waals surface area contributed by atoms with E-state index in [-0.39, 0.29) is 5.69 Å². The number of non-ortho nitro benzene ring substituents is 1. The first kappa shape index (κ1) is 12.9. The number of nitrogens with zero attached hydrogens (tertiary/aromatic N) is 1. The lowest BCUT2D eigenvalue weighted by Gasteiger charge is -2.06. The number of halogens is 1. The molecule has 0 N–H and O–H groups in total. The molecule has 0 fully saturated rings. The standard InChI is InChI=1S/C10H12BrNO4/c1-2-15-3-4-16-10-6-8(11)5-9(7-10)12(13)14/h5-7H,2-4H2,1H3. The summed E-state index contributed by atoms with van der Waals surface area (Å²) in [6.45, 7) is 3.37. The van der Waals surface area contributed by atoms with Gasteiger partial charge in [-0.1, -0.05) is 15.9 Å². The van der Waals surface area contributed by atoms with Crippen LogP contribution in [0.25, 0.3) is 0 Å². The molecule has 0 saturated heterocycles. The van der Waals surface area contributed by atoms with Crippen molar-refractivity contribution < 1.29 is 14.4 Å². The summed E-state index contributed by atoms with van der Waals surface area (Å²) in [6, 6.07) is 4.49. The number of hydrogen-bond donors (Lipinski definition) is 0. The maximum absolute atomic E-state index is 10.6. The first-order valence-electron chi connectivity index (χ1n) is 4.79. The Kier molecular flexibility index (Phi) is 5.21. The topological polar surface area (TPSA) is 61.6 Å². The fourth-order valence-electron chi connectivity index (χ4n) is 1.10. The van der Waals surface area contributed by atoms with Crippen LogP contribution in [0.3, 0.4) is 0 Å². The molecule has 1 aromatic rings. The minimum atomic E-state index is -0.458. The monoisotopic (exact) mass is 289 g/mol. The first-order valence-corrected chi connectivity index (χ1v) is 5.58. The quantitative estimate of drug-likeness (QED) is 0.459. The molecular weight excluding hydrogens is 278 g/mol. The Hall–Kier alpha value is -1.14. The maximum Gasteiger partial charge on any atom is 0.274 e. The van der Waals surface area contributed by atoms with Gasteiger partial charge in [0.1, 0.15) is 12.4 Å². The SMILES string of the molecule is CCOCCOc1cc(Br)cc([N+](=O)[O-])c1. The Labute approximate surface area is 102 Å². The second kappa shape index (κ2) is 6.44. The van der Waals surface area contributed by atoms with Crippen molar-refractivity contribution >= 4 is 21.6 Å². The van der Waals surface area contributed by atoms with E-state index in [1.165, 1.54) is 12.1 Å². The molecule has 0 saturated carbocycles. The second-order valence-electron chi connectivity index (χ2n) is 2.95. The maximum atomic E-state index is 10.6. The van der Waals surface area contributed by atoms with E-state index in [0.29, 0.717) is 30.0 Å². The van der Waals surface area contributed by atoms with Crippen molar-refractivity contribution in [1.29, 1.82) is 0 Å². The van der Waals surface area contributed by atoms with Gasteiger partial charge in [-0.3, -0.25) is 10.1 Å². The Morgan fingerprint density at radius 2 is 2.12 bits per heavy atom. The van der Waals surface area contributed by atoms with E-state index in [1.807, 2.05) is 6.92 Å². The number of nitro benzene ring substituents is 1. The Morgan fingerprint density at radius 1 is 1.38 bits per heavy atom. The van der Waals surface area contributed by atoms with Crippen molar-refractivity contribution in [1.82, 2.24) is 0 Å². The van der Waals surface area contributed by atoms with Crippen LogP contribution in [0.4, 0.5) is 5.69 Å². The highest BCUT2D eigenvalue weighted by molar-refractivity contribution is 9.10. The van der Waals surface area contributed by atoms with Crippen LogP contribution in [-0.2, 0) is 4.74 Å². The second-order valence-corrected chi connectivity index (χ2v) is 3.86. The molecule has 88 valence electrons. The normalized spacial score (nSPS) is 10.1. The van der Waals surface area contributed by atoms with Crippen molar-refractivity contribution in [3.05, 3.63) is 32.8 Å². The number of hydrogen-bond acceptors (Lipinski definition) is 4. The molecule has 0 unspecified atom stereocenters. The predicted molar refractivity (Wildman–Crippen MR) is 62.8 cm³/mol. The van der Waals surface area contributed by atoms with Crippen molar-refractivity contribution in [2.45, 2.75) is 6.92 Å². The fourth-order valence-corrected chi connectivity index (χ4v) is 1.56. The predicted octanol–water partition coefficient (Wildman–Crippen LogP) is 2.77. The first-order chi connectivity index (χ1) is 7.63. The fraction of sp³-hybridized carbons (Fsp3) is 0.400. The van der Waals surface area contributed by atoms with Crippen LogP contribution in [0.15, 0.2) is 22.7 Å². The van der Waals surface area contributed by atoms with Crippen LogP contribution < -0.4 is 4.74 Å². The van der Waals surface area contributed by atoms with Crippen LogP contribution in [0.1, 0.15) is 6.92 Å². The van der Waals surface area contributed by atoms with E-state index in [2.05, 4.69) is 15.9 Å². The Morgan fingerprint density at radius 3 is 2.75 bits per heavy atom. The van der Waals surface area contributed by atoms with E-state index < -0.39 is 4.92 Å². The summed E-state index contributed by atoms with van der Waals surface area (Å²) >= 11 is 3.19. The summed E-state index contributed by atoms with van der Waals surface area (Å²) in [5, 5.41) is 10.6. The van der Waals surface area contributed by atoms with Gasteiger partial charge in [0, 0.05) is 17.1 Å². The van der Waals surface area contributed by atoms with Gasteiger partial charge in [-0.25, -0.2) is 0 Å². The number of nitro groups is 1. The van der Waals surface area contributed by atoms with E-state index >= 15 is 0 Å². The molecule has 0 bridgehead atoms. The van der Waals surface area contributed by atoms with E-state index in [0.717, 1.165) is 0 Å². The number of benzene rings is 1. The van der Waals surface area contributed by atoms with Crippen LogP contribution in [0, 0.1) is 10.1 Å². The number of ether oxygens (including phenoxy) is 2. The van der Waals surface area contributed by atoms with E-state index in [1.54, 1.807) is 6.07 Å². The molecule has 0 amide bonds. The molecule has 0 spiro atoms. The molecule has 0 aliphatic heterocycles. The van der Waals surface area contributed by atoms with Crippen LogP contribution >= 0.6 is 15.9 Å². The summed E-state index contributed by atoms with van der Waals surface area (Å²) in [4.78, 5) is 10.1. The van der Waals surface area contributed by atoms with Crippen molar-refractivity contribution in [3.63, 3.8) is 0 Å². The highest BCUT2D eigenvalue weighted by Crippen LogP contribution is 2.25. The third kappa shape index (κ3) is 4.16. The zero-order chi connectivity index (χ0) is 12.0. The minimum Gasteiger partial charge on any atom is -0.491 e. The highest BCUT2D eigenvalue weighted by Gasteiger charge is 2.09. The van der Waals surface area contributed by atoms with Crippen molar-refractivity contribution in [2.75, 3.05) is 19.8 Å². The van der Waals surface area contributed by atoms with Crippen molar-refractivity contribution in [3.8, 4) is 5.75 Å². The third-order valence-electron chi connectivity index (χ3n) is 1.77. The smallest absolute Gasteiger partial charge is 0.274 e. The van der Waals surface area contributed by atoms with Gasteiger partial charge in [0.25, 0.3) is 5.69 Å². The van der Waals surface area contributed by atoms with Crippen LogP contribution in [0.5, 0.6) is 5.75 Å². The largest absolute Gasteiger partial charge is 0.491 e. The van der Waals surface area contributed by atoms with Gasteiger partial charge in [0.2, 0.25) is 0 Å². The lowest BCUT2D eigenvalue weighted by Crippen LogP contribution is -2.06. The zero-order valence-corrected chi connectivity index (χ0v) is 10.4. The minimum absolute atomic E-state index is 0.000727. The molecule has 0 aliphatic rings. The zero-order valence-electron chi connectivity index (χ0n) is 8.81. The van der Waals surface area contributed by atoms with Gasteiger partial charge >= 0.3 is 0 Å². The molecule has 6 heteroatoms. The summed E-state index contributed by atoms with van der Waals surface area (Å²) in [7, 11) is 0.